The number of benzene rings is 4. The number of carbonyl (C=O) groups excluding carboxylic acids is 4. The van der Waals surface area contributed by atoms with Gasteiger partial charge in [-0.25, -0.2) is 9.59 Å². The fourth-order valence-electron chi connectivity index (χ4n) is 6.90. The number of cyclic esters (lactones) is 2. The summed E-state index contributed by atoms with van der Waals surface area (Å²) in [6.45, 7) is 0. The van der Waals surface area contributed by atoms with Gasteiger partial charge in [0.25, 0.3) is 0 Å². The van der Waals surface area contributed by atoms with E-state index in [-0.39, 0.29) is 82.1 Å². The molecule has 262 valence electrons. The van der Waals surface area contributed by atoms with Crippen LogP contribution in [0.5, 0.6) is 34.5 Å². The van der Waals surface area contributed by atoms with Crippen molar-refractivity contribution in [1.29, 1.82) is 0 Å². The van der Waals surface area contributed by atoms with Crippen LogP contribution < -0.4 is 18.9 Å². The Labute approximate surface area is 285 Å². The average molecular weight is 691 g/mol. The minimum absolute atomic E-state index is 0.0332. The van der Waals surface area contributed by atoms with Crippen molar-refractivity contribution in [3.05, 3.63) is 46.5 Å². The summed E-state index contributed by atoms with van der Waals surface area (Å²) >= 11 is 0. The molecule has 2 N–H and O–H groups in total. The van der Waals surface area contributed by atoms with Crippen LogP contribution in [0.1, 0.15) is 44.7 Å². The lowest BCUT2D eigenvalue weighted by atomic mass is 9.85. The SMILES string of the molecule is COC(=O)CC1Cc2cc3c(-c4c(OC)cc(O)c5c(OC)c6c(cc45)CC(CC(=O)OC)OC6=O)c(OC)cc(O)c3c(OC)c2C(=O)O1. The topological polar surface area (TPSA) is 183 Å². The molecule has 0 spiro atoms. The number of methoxy groups -OCH3 is 6. The highest BCUT2D eigenvalue weighted by molar-refractivity contribution is 6.18. The van der Waals surface area contributed by atoms with Crippen molar-refractivity contribution in [3.63, 3.8) is 0 Å². The Kier molecular flexibility index (Phi) is 8.95. The van der Waals surface area contributed by atoms with E-state index >= 15 is 0 Å². The third-order valence-electron chi connectivity index (χ3n) is 9.00. The summed E-state index contributed by atoms with van der Waals surface area (Å²) in [5.74, 6) is -2.70. The van der Waals surface area contributed by atoms with Gasteiger partial charge in [-0.15, -0.1) is 0 Å². The Morgan fingerprint density at radius 2 is 1.00 bits per heavy atom. The number of rotatable bonds is 9. The summed E-state index contributed by atoms with van der Waals surface area (Å²) in [6, 6.07) is 6.09. The smallest absolute Gasteiger partial charge is 0.342 e. The van der Waals surface area contributed by atoms with E-state index in [4.69, 9.17) is 37.9 Å². The fourth-order valence-corrected chi connectivity index (χ4v) is 6.90. The van der Waals surface area contributed by atoms with Crippen LogP contribution in [-0.4, -0.2) is 89.0 Å². The third kappa shape index (κ3) is 5.46. The molecule has 0 bridgehead atoms. The third-order valence-corrected chi connectivity index (χ3v) is 9.00. The van der Waals surface area contributed by atoms with E-state index in [1.807, 2.05) is 0 Å². The first kappa shape index (κ1) is 34.0. The summed E-state index contributed by atoms with van der Waals surface area (Å²) in [4.78, 5) is 50.9. The van der Waals surface area contributed by atoms with E-state index in [0.29, 0.717) is 33.0 Å². The number of hydrogen-bond donors (Lipinski definition) is 2. The first-order valence-electron chi connectivity index (χ1n) is 15.4. The number of carbonyl (C=O) groups is 4. The molecule has 0 amide bonds. The maximum atomic E-state index is 13.3. The monoisotopic (exact) mass is 690 g/mol. The summed E-state index contributed by atoms with van der Waals surface area (Å²) < 4.78 is 43.8. The van der Waals surface area contributed by atoms with Gasteiger partial charge in [0.15, 0.2) is 0 Å². The Balaban J connectivity index is 1.71. The van der Waals surface area contributed by atoms with Crippen LogP contribution in [-0.2, 0) is 41.4 Å². The van der Waals surface area contributed by atoms with E-state index in [1.165, 1.54) is 54.8 Å². The van der Waals surface area contributed by atoms with Gasteiger partial charge in [-0.1, -0.05) is 0 Å². The van der Waals surface area contributed by atoms with Gasteiger partial charge in [0.2, 0.25) is 0 Å². The van der Waals surface area contributed by atoms with Crippen LogP contribution in [0.25, 0.3) is 32.7 Å². The molecule has 0 radical (unpaired) electrons. The molecule has 4 aromatic rings. The fraction of sp³-hybridized carbons (Fsp3) is 0.333. The minimum atomic E-state index is -0.829. The molecule has 14 nitrogen and oxygen atoms in total. The lowest BCUT2D eigenvalue weighted by molar-refractivity contribution is -0.144. The van der Waals surface area contributed by atoms with E-state index < -0.39 is 36.1 Å². The molecule has 0 fully saturated rings. The molecule has 50 heavy (non-hydrogen) atoms. The molecule has 6 rings (SSSR count). The molecule has 4 aromatic carbocycles. The zero-order valence-electron chi connectivity index (χ0n) is 28.1. The molecule has 0 saturated heterocycles. The van der Waals surface area contributed by atoms with Crippen molar-refractivity contribution in [2.45, 2.75) is 37.9 Å². The molecule has 0 aromatic heterocycles. The first-order chi connectivity index (χ1) is 24.0. The van der Waals surface area contributed by atoms with E-state index in [9.17, 15) is 29.4 Å². The zero-order valence-corrected chi connectivity index (χ0v) is 28.1. The van der Waals surface area contributed by atoms with Crippen molar-refractivity contribution >= 4 is 45.4 Å². The number of fused-ring (bicyclic) bond motifs is 4. The predicted octanol–water partition coefficient (Wildman–Crippen LogP) is 4.39. The van der Waals surface area contributed by atoms with Crippen molar-refractivity contribution < 1.29 is 67.3 Å². The first-order valence-corrected chi connectivity index (χ1v) is 15.4. The van der Waals surface area contributed by atoms with Gasteiger partial charge in [0, 0.05) is 46.9 Å². The minimum Gasteiger partial charge on any atom is -0.507 e. The number of phenols is 2. The van der Waals surface area contributed by atoms with Crippen LogP contribution >= 0.6 is 0 Å². The highest BCUT2D eigenvalue weighted by Gasteiger charge is 2.37. The highest BCUT2D eigenvalue weighted by Crippen LogP contribution is 2.55. The Bertz CT molecular complexity index is 1950. The van der Waals surface area contributed by atoms with Crippen molar-refractivity contribution in [1.82, 2.24) is 0 Å². The summed E-state index contributed by atoms with van der Waals surface area (Å²) in [7, 11) is 8.00. The molecule has 2 atom stereocenters. The van der Waals surface area contributed by atoms with E-state index in [1.54, 1.807) is 12.1 Å². The summed E-state index contributed by atoms with van der Waals surface area (Å²) in [5, 5.41) is 23.8. The van der Waals surface area contributed by atoms with Gasteiger partial charge in [-0.2, -0.15) is 0 Å². The second-order valence-electron chi connectivity index (χ2n) is 11.7. The van der Waals surface area contributed by atoms with Gasteiger partial charge >= 0.3 is 23.9 Å². The molecule has 0 aliphatic carbocycles. The number of aromatic hydroxyl groups is 2. The molecule has 2 aliphatic heterocycles. The van der Waals surface area contributed by atoms with Gasteiger partial charge in [-0.05, 0) is 23.3 Å². The van der Waals surface area contributed by atoms with Crippen LogP contribution in [0.3, 0.4) is 0 Å². The lowest BCUT2D eigenvalue weighted by Crippen LogP contribution is -2.30. The van der Waals surface area contributed by atoms with Crippen LogP contribution in [0.15, 0.2) is 24.3 Å². The quantitative estimate of drug-likeness (QED) is 0.186. The Morgan fingerprint density at radius 1 is 0.620 bits per heavy atom. The van der Waals surface area contributed by atoms with E-state index in [2.05, 4.69) is 0 Å². The molecule has 14 heteroatoms. The van der Waals surface area contributed by atoms with Gasteiger partial charge in [-0.3, -0.25) is 9.59 Å². The predicted molar refractivity (Wildman–Crippen MR) is 176 cm³/mol. The maximum absolute atomic E-state index is 13.3. The molecule has 2 heterocycles. The second-order valence-corrected chi connectivity index (χ2v) is 11.7. The van der Waals surface area contributed by atoms with Crippen LogP contribution in [0.4, 0.5) is 0 Å². The normalized spacial score (nSPS) is 16.5. The Morgan fingerprint density at radius 3 is 1.32 bits per heavy atom. The van der Waals surface area contributed by atoms with Gasteiger partial charge in [0.05, 0.1) is 66.3 Å². The standard InChI is InChI=1S/C36H34O14/c1-43-23-13-21(37)29-19(9-15-7-17(11-25(39)45-3)49-35(41)27(15)33(29)47-5)31(23)32-20-10-16-8-18(12-26(40)46-4)50-36(42)28(16)34(48-6)30(20)22(38)14-24(32)44-2/h9-10,13-14,17-18,37-38H,7-8,11-12H2,1-6H3. The zero-order chi connectivity index (χ0) is 36.0. The van der Waals surface area contributed by atoms with Gasteiger partial charge < -0.3 is 48.1 Å². The number of hydrogen-bond acceptors (Lipinski definition) is 14. The summed E-state index contributed by atoms with van der Waals surface area (Å²) in [6.07, 6.45) is -1.77. The number of ether oxygens (including phenoxy) is 8. The largest absolute Gasteiger partial charge is 0.507 e. The number of esters is 4. The Hall–Kier alpha value is -5.92. The van der Waals surface area contributed by atoms with Crippen molar-refractivity contribution in [3.8, 4) is 45.6 Å². The maximum Gasteiger partial charge on any atom is 0.342 e. The van der Waals surface area contributed by atoms with Gasteiger partial charge in [0.1, 0.15) is 57.8 Å². The number of phenolic OH excluding ortho intramolecular Hbond substituents is 2. The van der Waals surface area contributed by atoms with Crippen LogP contribution in [0.2, 0.25) is 0 Å². The lowest BCUT2D eigenvalue weighted by Gasteiger charge is -2.28. The van der Waals surface area contributed by atoms with E-state index in [0.717, 1.165) is 0 Å². The molecule has 2 aliphatic rings. The molecule has 0 saturated carbocycles. The molecule has 2 unspecified atom stereocenters. The second kappa shape index (κ2) is 13.2. The highest BCUT2D eigenvalue weighted by atomic mass is 16.6. The molecular weight excluding hydrogens is 656 g/mol. The molecular formula is C36H34O14. The van der Waals surface area contributed by atoms with Crippen molar-refractivity contribution in [2.24, 2.45) is 0 Å². The van der Waals surface area contributed by atoms with Crippen LogP contribution in [0, 0.1) is 0 Å². The summed E-state index contributed by atoms with van der Waals surface area (Å²) in [5.41, 5.74) is 1.86. The average Bonchev–Trinajstić information content (AvgIpc) is 3.09. The van der Waals surface area contributed by atoms with Crippen molar-refractivity contribution in [2.75, 3.05) is 42.7 Å².